The molecule has 1 unspecified atom stereocenters. The summed E-state index contributed by atoms with van der Waals surface area (Å²) >= 11 is 0. The van der Waals surface area contributed by atoms with Crippen LogP contribution in [0.15, 0.2) is 18.5 Å². The maximum atomic E-state index is 5.76. The first kappa shape index (κ1) is 16.3. The number of hydrogen-bond donors (Lipinski definition) is 1. The third kappa shape index (κ3) is 3.76. The Hall–Kier alpha value is -1.09. The monoisotopic (exact) mass is 290 g/mol. The molecule has 0 aromatic carbocycles. The van der Waals surface area contributed by atoms with Crippen molar-refractivity contribution in [3.63, 3.8) is 0 Å². The van der Waals surface area contributed by atoms with Crippen LogP contribution in [0.2, 0.25) is 0 Å². The molecular formula is C18H30N2O. The molecule has 0 bridgehead atoms. The highest BCUT2D eigenvalue weighted by atomic mass is 16.5. The molecule has 3 nitrogen and oxygen atoms in total. The van der Waals surface area contributed by atoms with E-state index in [-0.39, 0.29) is 0 Å². The van der Waals surface area contributed by atoms with Gasteiger partial charge >= 0.3 is 0 Å². The van der Waals surface area contributed by atoms with Crippen molar-refractivity contribution in [2.24, 2.45) is 5.41 Å². The summed E-state index contributed by atoms with van der Waals surface area (Å²) in [5, 5.41) is 3.72. The predicted octanol–water partition coefficient (Wildman–Crippen LogP) is 4.49. The van der Waals surface area contributed by atoms with Crippen molar-refractivity contribution in [1.82, 2.24) is 10.3 Å². The summed E-state index contributed by atoms with van der Waals surface area (Å²) in [5.74, 6) is 0.904. The molecule has 1 fully saturated rings. The zero-order valence-corrected chi connectivity index (χ0v) is 13.8. The maximum Gasteiger partial charge on any atom is 0.137 e. The second kappa shape index (κ2) is 7.79. The number of nitrogens with one attached hydrogen (secondary N) is 1. The molecule has 2 rings (SSSR count). The number of rotatable bonds is 8. The van der Waals surface area contributed by atoms with Gasteiger partial charge in [0, 0.05) is 12.2 Å². The molecule has 1 heterocycles. The number of hydrogen-bond acceptors (Lipinski definition) is 3. The molecule has 1 N–H and O–H groups in total. The standard InChI is InChI=1S/C18H30N2O/c1-4-11-21-16-12-15(13-19-14-16)17(20-6-3)18(5-2)9-7-8-10-18/h12-14,17,20H,4-11H2,1-3H3. The molecule has 1 saturated carbocycles. The molecule has 118 valence electrons. The smallest absolute Gasteiger partial charge is 0.137 e. The summed E-state index contributed by atoms with van der Waals surface area (Å²) in [5.41, 5.74) is 1.68. The van der Waals surface area contributed by atoms with Crippen molar-refractivity contribution in [2.45, 2.75) is 65.3 Å². The molecule has 1 aliphatic rings. The van der Waals surface area contributed by atoms with E-state index in [1.54, 1.807) is 0 Å². The van der Waals surface area contributed by atoms with Crippen LogP contribution < -0.4 is 10.1 Å². The molecular weight excluding hydrogens is 260 g/mol. The van der Waals surface area contributed by atoms with E-state index in [0.717, 1.165) is 25.3 Å². The quantitative estimate of drug-likeness (QED) is 0.766. The van der Waals surface area contributed by atoms with Crippen LogP contribution in [0.25, 0.3) is 0 Å². The first-order chi connectivity index (χ1) is 10.3. The van der Waals surface area contributed by atoms with Gasteiger partial charge in [-0.3, -0.25) is 4.98 Å². The zero-order chi connectivity index (χ0) is 15.1. The third-order valence-corrected chi connectivity index (χ3v) is 4.86. The Kier molecular flexibility index (Phi) is 6.04. The van der Waals surface area contributed by atoms with E-state index >= 15 is 0 Å². The molecule has 0 spiro atoms. The second-order valence-electron chi connectivity index (χ2n) is 6.22. The van der Waals surface area contributed by atoms with Gasteiger partial charge < -0.3 is 10.1 Å². The highest BCUT2D eigenvalue weighted by molar-refractivity contribution is 5.28. The minimum absolute atomic E-state index is 0.390. The molecule has 1 aliphatic carbocycles. The average Bonchev–Trinajstić information content (AvgIpc) is 3.01. The van der Waals surface area contributed by atoms with E-state index in [1.165, 1.54) is 37.7 Å². The van der Waals surface area contributed by atoms with Gasteiger partial charge in [0.15, 0.2) is 0 Å². The highest BCUT2D eigenvalue weighted by Gasteiger charge is 2.40. The van der Waals surface area contributed by atoms with E-state index in [9.17, 15) is 0 Å². The maximum absolute atomic E-state index is 5.76. The summed E-state index contributed by atoms with van der Waals surface area (Å²) in [6, 6.07) is 2.58. The molecule has 0 amide bonds. The van der Waals surface area contributed by atoms with Gasteiger partial charge in [-0.25, -0.2) is 0 Å². The second-order valence-corrected chi connectivity index (χ2v) is 6.22. The van der Waals surface area contributed by atoms with Gasteiger partial charge in [-0.2, -0.15) is 0 Å². The predicted molar refractivity (Wildman–Crippen MR) is 87.6 cm³/mol. The van der Waals surface area contributed by atoms with Crippen molar-refractivity contribution in [3.05, 3.63) is 24.0 Å². The summed E-state index contributed by atoms with van der Waals surface area (Å²) in [7, 11) is 0. The summed E-state index contributed by atoms with van der Waals surface area (Å²) < 4.78 is 5.76. The van der Waals surface area contributed by atoms with Crippen LogP contribution in [0.4, 0.5) is 0 Å². The van der Waals surface area contributed by atoms with Crippen molar-refractivity contribution in [3.8, 4) is 5.75 Å². The fraction of sp³-hybridized carbons (Fsp3) is 0.722. The van der Waals surface area contributed by atoms with E-state index in [2.05, 4.69) is 37.1 Å². The van der Waals surface area contributed by atoms with Crippen molar-refractivity contribution in [2.75, 3.05) is 13.2 Å². The van der Waals surface area contributed by atoms with E-state index in [4.69, 9.17) is 4.74 Å². The molecule has 21 heavy (non-hydrogen) atoms. The summed E-state index contributed by atoms with van der Waals surface area (Å²) in [6.45, 7) is 8.41. The van der Waals surface area contributed by atoms with Crippen LogP contribution in [0.5, 0.6) is 5.75 Å². The number of nitrogens with zero attached hydrogens (tertiary/aromatic N) is 1. The fourth-order valence-corrected chi connectivity index (χ4v) is 3.71. The van der Waals surface area contributed by atoms with Gasteiger partial charge in [-0.05, 0) is 49.3 Å². The zero-order valence-electron chi connectivity index (χ0n) is 13.8. The minimum atomic E-state index is 0.390. The topological polar surface area (TPSA) is 34.1 Å². The van der Waals surface area contributed by atoms with Gasteiger partial charge in [0.2, 0.25) is 0 Å². The van der Waals surface area contributed by atoms with Gasteiger partial charge in [0.05, 0.1) is 12.8 Å². The SMILES string of the molecule is CCCOc1cncc(C(NCC)C2(CC)CCCC2)c1. The van der Waals surface area contributed by atoms with Gasteiger partial charge in [-0.15, -0.1) is 0 Å². The van der Waals surface area contributed by atoms with Crippen LogP contribution in [0, 0.1) is 5.41 Å². The lowest BCUT2D eigenvalue weighted by Crippen LogP contribution is -2.36. The van der Waals surface area contributed by atoms with E-state index in [0.29, 0.717) is 11.5 Å². The summed E-state index contributed by atoms with van der Waals surface area (Å²) in [4.78, 5) is 4.41. The molecule has 3 heteroatoms. The third-order valence-electron chi connectivity index (χ3n) is 4.86. The Morgan fingerprint density at radius 1 is 1.24 bits per heavy atom. The molecule has 1 aromatic heterocycles. The Morgan fingerprint density at radius 3 is 2.62 bits per heavy atom. The minimum Gasteiger partial charge on any atom is -0.492 e. The van der Waals surface area contributed by atoms with Crippen LogP contribution >= 0.6 is 0 Å². The number of pyridine rings is 1. The highest BCUT2D eigenvalue weighted by Crippen LogP contribution is 2.50. The van der Waals surface area contributed by atoms with E-state index in [1.807, 2.05) is 12.4 Å². The lowest BCUT2D eigenvalue weighted by molar-refractivity contribution is 0.188. The lowest BCUT2D eigenvalue weighted by Gasteiger charge is -2.38. The normalized spacial score (nSPS) is 18.6. The van der Waals surface area contributed by atoms with Crippen molar-refractivity contribution in [1.29, 1.82) is 0 Å². The average molecular weight is 290 g/mol. The molecule has 1 atom stereocenters. The molecule has 0 saturated heterocycles. The van der Waals surface area contributed by atoms with Crippen LogP contribution in [0.3, 0.4) is 0 Å². The Balaban J connectivity index is 2.24. The lowest BCUT2D eigenvalue weighted by atomic mass is 9.73. The van der Waals surface area contributed by atoms with Crippen LogP contribution in [-0.4, -0.2) is 18.1 Å². The number of ether oxygens (including phenoxy) is 1. The molecule has 0 radical (unpaired) electrons. The van der Waals surface area contributed by atoms with Gasteiger partial charge in [0.25, 0.3) is 0 Å². The van der Waals surface area contributed by atoms with E-state index < -0.39 is 0 Å². The largest absolute Gasteiger partial charge is 0.492 e. The van der Waals surface area contributed by atoms with Crippen LogP contribution in [0.1, 0.15) is 70.9 Å². The molecule has 1 aromatic rings. The summed E-state index contributed by atoms with van der Waals surface area (Å²) in [6.07, 6.45) is 11.5. The molecule has 0 aliphatic heterocycles. The fourth-order valence-electron chi connectivity index (χ4n) is 3.71. The van der Waals surface area contributed by atoms with Crippen molar-refractivity contribution < 1.29 is 4.74 Å². The Bertz CT molecular complexity index is 427. The first-order valence-corrected chi connectivity index (χ1v) is 8.57. The Morgan fingerprint density at radius 2 is 2.00 bits per heavy atom. The van der Waals surface area contributed by atoms with Gasteiger partial charge in [-0.1, -0.05) is 33.6 Å². The van der Waals surface area contributed by atoms with Crippen molar-refractivity contribution >= 4 is 0 Å². The van der Waals surface area contributed by atoms with Crippen LogP contribution in [-0.2, 0) is 0 Å². The first-order valence-electron chi connectivity index (χ1n) is 8.57. The van der Waals surface area contributed by atoms with Gasteiger partial charge in [0.1, 0.15) is 5.75 Å². The Labute approximate surface area is 129 Å². The number of aromatic nitrogens is 1.